The van der Waals surface area contributed by atoms with Crippen LogP contribution in [0.5, 0.6) is 5.75 Å². The number of hydrogen-bond donors (Lipinski definition) is 0. The maximum Gasteiger partial charge on any atom is 0.306 e. The van der Waals surface area contributed by atoms with Gasteiger partial charge in [-0.25, -0.2) is 0 Å². The molecule has 0 aliphatic rings. The van der Waals surface area contributed by atoms with Crippen molar-refractivity contribution in [1.82, 2.24) is 0 Å². The van der Waals surface area contributed by atoms with Gasteiger partial charge in [0.05, 0.1) is 17.2 Å². The van der Waals surface area contributed by atoms with Gasteiger partial charge in [0.1, 0.15) is 17.1 Å². The summed E-state index contributed by atoms with van der Waals surface area (Å²) >= 11 is 0. The lowest BCUT2D eigenvalue weighted by Crippen LogP contribution is -2.09. The lowest BCUT2D eigenvalue weighted by atomic mass is 10.0. The van der Waals surface area contributed by atoms with Crippen molar-refractivity contribution in [3.63, 3.8) is 0 Å². The fraction of sp³-hybridized carbons (Fsp3) is 0.118. The molecule has 118 valence electrons. The summed E-state index contributed by atoms with van der Waals surface area (Å²) in [4.78, 5) is 12.7. The van der Waals surface area contributed by atoms with Gasteiger partial charge in [0.25, 0.3) is 0 Å². The average Bonchev–Trinajstić information content (AvgIpc) is 2.46. The minimum atomic E-state index is -3.64. The van der Waals surface area contributed by atoms with E-state index in [1.54, 1.807) is 6.92 Å². The molecule has 23 heavy (non-hydrogen) atoms. The average molecular weight is 330 g/mol. The molecular weight excluding hydrogens is 316 g/mol. The van der Waals surface area contributed by atoms with Crippen molar-refractivity contribution in [1.29, 1.82) is 0 Å². The molecule has 0 atom stereocenters. The Bertz CT molecular complexity index is 1030. The molecular formula is C17H14O5S. The van der Waals surface area contributed by atoms with Crippen LogP contribution in [-0.4, -0.2) is 14.7 Å². The molecule has 1 aromatic heterocycles. The molecule has 3 rings (SSSR count). The van der Waals surface area contributed by atoms with Crippen molar-refractivity contribution in [2.45, 2.75) is 6.92 Å². The fourth-order valence-electron chi connectivity index (χ4n) is 2.45. The van der Waals surface area contributed by atoms with Crippen molar-refractivity contribution >= 4 is 21.1 Å². The Morgan fingerprint density at radius 3 is 2.39 bits per heavy atom. The van der Waals surface area contributed by atoms with Crippen LogP contribution in [0.2, 0.25) is 0 Å². The van der Waals surface area contributed by atoms with Crippen molar-refractivity contribution < 1.29 is 17.0 Å². The molecule has 0 saturated carbocycles. The lowest BCUT2D eigenvalue weighted by Gasteiger charge is -2.08. The summed E-state index contributed by atoms with van der Waals surface area (Å²) in [6.07, 6.45) is 0.955. The second-order valence-electron chi connectivity index (χ2n) is 5.17. The third-order valence-electron chi connectivity index (χ3n) is 3.35. The van der Waals surface area contributed by atoms with Gasteiger partial charge in [-0.3, -0.25) is 4.79 Å². The number of benzene rings is 2. The Kier molecular flexibility index (Phi) is 3.69. The Labute approximate surface area is 133 Å². The van der Waals surface area contributed by atoms with Crippen LogP contribution in [0.3, 0.4) is 0 Å². The Hall–Kier alpha value is -2.60. The summed E-state index contributed by atoms with van der Waals surface area (Å²) in [5, 5.41) is 0.371. The summed E-state index contributed by atoms with van der Waals surface area (Å²) < 4.78 is 32.9. The molecule has 0 amide bonds. The number of fused-ring (bicyclic) bond motifs is 1. The van der Waals surface area contributed by atoms with Gasteiger partial charge < -0.3 is 8.60 Å². The smallest absolute Gasteiger partial charge is 0.306 e. The molecule has 0 saturated heterocycles. The third kappa shape index (κ3) is 3.12. The zero-order valence-corrected chi connectivity index (χ0v) is 13.4. The highest BCUT2D eigenvalue weighted by atomic mass is 32.2. The summed E-state index contributed by atoms with van der Waals surface area (Å²) in [5.74, 6) is 0.570. The second kappa shape index (κ2) is 5.55. The van der Waals surface area contributed by atoms with Gasteiger partial charge >= 0.3 is 10.1 Å². The Morgan fingerprint density at radius 1 is 1.04 bits per heavy atom. The molecule has 0 N–H and O–H groups in total. The van der Waals surface area contributed by atoms with Crippen LogP contribution < -0.4 is 9.61 Å². The predicted octanol–water partition coefficient (Wildman–Crippen LogP) is 3.11. The molecule has 6 heteroatoms. The van der Waals surface area contributed by atoms with E-state index in [2.05, 4.69) is 0 Å². The van der Waals surface area contributed by atoms with Crippen LogP contribution >= 0.6 is 0 Å². The molecule has 0 radical (unpaired) electrons. The zero-order valence-electron chi connectivity index (χ0n) is 12.6. The van der Waals surface area contributed by atoms with Gasteiger partial charge in [-0.15, -0.1) is 0 Å². The molecule has 1 heterocycles. The molecule has 5 nitrogen and oxygen atoms in total. The van der Waals surface area contributed by atoms with E-state index in [0.717, 1.165) is 11.8 Å². The first-order chi connectivity index (χ1) is 10.8. The van der Waals surface area contributed by atoms with E-state index in [4.69, 9.17) is 8.60 Å². The highest BCUT2D eigenvalue weighted by Gasteiger charge is 2.14. The summed E-state index contributed by atoms with van der Waals surface area (Å²) in [5.41, 5.74) is 1.39. The number of aryl methyl sites for hydroxylation is 1. The molecule has 0 spiro atoms. The van der Waals surface area contributed by atoms with Gasteiger partial charge in [0, 0.05) is 6.07 Å². The molecule has 0 aliphatic heterocycles. The van der Waals surface area contributed by atoms with Crippen molar-refractivity contribution in [2.75, 3.05) is 6.26 Å². The van der Waals surface area contributed by atoms with Crippen LogP contribution in [-0.2, 0) is 10.1 Å². The fourth-order valence-corrected chi connectivity index (χ4v) is 2.90. The van der Waals surface area contributed by atoms with Crippen LogP contribution in [0.15, 0.2) is 57.7 Å². The van der Waals surface area contributed by atoms with Gasteiger partial charge in [0.15, 0.2) is 0 Å². The first-order valence-electron chi connectivity index (χ1n) is 6.87. The van der Waals surface area contributed by atoms with Gasteiger partial charge in [-0.05, 0) is 24.6 Å². The van der Waals surface area contributed by atoms with Crippen LogP contribution in [0.25, 0.3) is 22.1 Å². The van der Waals surface area contributed by atoms with Crippen LogP contribution in [0, 0.1) is 6.92 Å². The van der Waals surface area contributed by atoms with Crippen molar-refractivity contribution in [3.05, 3.63) is 64.5 Å². The Morgan fingerprint density at radius 2 is 1.74 bits per heavy atom. The normalized spacial score (nSPS) is 11.6. The quantitative estimate of drug-likeness (QED) is 0.690. The van der Waals surface area contributed by atoms with Crippen LogP contribution in [0.4, 0.5) is 0 Å². The minimum Gasteiger partial charge on any atom is -0.460 e. The highest BCUT2D eigenvalue weighted by molar-refractivity contribution is 7.86. The summed E-state index contributed by atoms with van der Waals surface area (Å²) in [7, 11) is -3.64. The summed E-state index contributed by atoms with van der Waals surface area (Å²) in [6.45, 7) is 1.70. The minimum absolute atomic E-state index is 0.106. The van der Waals surface area contributed by atoms with E-state index in [-0.39, 0.29) is 16.8 Å². The van der Waals surface area contributed by atoms with E-state index >= 15 is 0 Å². The maximum atomic E-state index is 12.7. The molecule has 0 bridgehead atoms. The summed E-state index contributed by atoms with van der Waals surface area (Å²) in [6, 6.07) is 13.6. The van der Waals surface area contributed by atoms with E-state index < -0.39 is 10.1 Å². The van der Waals surface area contributed by atoms with Crippen molar-refractivity contribution in [2.24, 2.45) is 0 Å². The molecule has 3 aromatic rings. The third-order valence-corrected chi connectivity index (χ3v) is 3.85. The van der Waals surface area contributed by atoms with Gasteiger partial charge in [0.2, 0.25) is 5.43 Å². The standard InChI is InChI=1S/C17H14O5S/c1-11-16(12-6-4-3-5-7-12)17(18)14-9-8-13(10-15(14)21-11)22-23(2,19)20/h3-10H,1-2H3. The number of rotatable bonds is 3. The first-order valence-corrected chi connectivity index (χ1v) is 8.69. The molecule has 2 aromatic carbocycles. The SMILES string of the molecule is Cc1oc2cc(OS(C)(=O)=O)ccc2c(=O)c1-c1ccccc1. The van der Waals surface area contributed by atoms with Crippen molar-refractivity contribution in [3.8, 4) is 16.9 Å². The maximum absolute atomic E-state index is 12.7. The van der Waals surface area contributed by atoms with Gasteiger partial charge in [-0.1, -0.05) is 30.3 Å². The zero-order chi connectivity index (χ0) is 16.6. The largest absolute Gasteiger partial charge is 0.460 e. The van der Waals surface area contributed by atoms with E-state index in [1.165, 1.54) is 18.2 Å². The molecule has 0 aliphatic carbocycles. The molecule has 0 fully saturated rings. The van der Waals surface area contributed by atoms with E-state index in [9.17, 15) is 13.2 Å². The second-order valence-corrected chi connectivity index (χ2v) is 6.75. The lowest BCUT2D eigenvalue weighted by molar-refractivity contribution is 0.492. The van der Waals surface area contributed by atoms with E-state index in [1.807, 2.05) is 30.3 Å². The molecule has 0 unspecified atom stereocenters. The topological polar surface area (TPSA) is 73.6 Å². The Balaban J connectivity index is 2.21. The van der Waals surface area contributed by atoms with Gasteiger partial charge in [-0.2, -0.15) is 8.42 Å². The highest BCUT2D eigenvalue weighted by Crippen LogP contribution is 2.26. The predicted molar refractivity (Wildman–Crippen MR) is 88.1 cm³/mol. The first kappa shape index (κ1) is 15.3. The van der Waals surface area contributed by atoms with E-state index in [0.29, 0.717) is 16.7 Å². The monoisotopic (exact) mass is 330 g/mol. The number of hydrogen-bond acceptors (Lipinski definition) is 5. The van der Waals surface area contributed by atoms with Crippen LogP contribution in [0.1, 0.15) is 5.76 Å².